The van der Waals surface area contributed by atoms with Crippen molar-refractivity contribution in [3.8, 4) is 0 Å². The largest absolute Gasteiger partial charge is 0.478 e. The van der Waals surface area contributed by atoms with Gasteiger partial charge in [-0.15, -0.1) is 0 Å². The number of carbonyl (C=O) groups excluding carboxylic acids is 1. The summed E-state index contributed by atoms with van der Waals surface area (Å²) in [6.07, 6.45) is 0.437. The van der Waals surface area contributed by atoms with E-state index in [1.54, 1.807) is 19.1 Å². The first-order valence-electron chi connectivity index (χ1n) is 5.76. The van der Waals surface area contributed by atoms with Gasteiger partial charge in [0, 0.05) is 16.6 Å². The van der Waals surface area contributed by atoms with Crippen molar-refractivity contribution in [2.45, 2.75) is 24.3 Å². The Balaban J connectivity index is 2.75. The van der Waals surface area contributed by atoms with Gasteiger partial charge >= 0.3 is 11.9 Å². The summed E-state index contributed by atoms with van der Waals surface area (Å²) in [6, 6.07) is 6.11. The van der Waals surface area contributed by atoms with E-state index in [2.05, 4.69) is 4.74 Å². The van der Waals surface area contributed by atoms with E-state index >= 15 is 0 Å². The molecule has 1 rings (SSSR count). The molecular formula is C13H16O5S. The molecule has 0 aliphatic carbocycles. The smallest absolute Gasteiger partial charge is 0.335 e. The number of carboxylic acid groups (broad SMARTS) is 1. The lowest BCUT2D eigenvalue weighted by Gasteiger charge is -2.12. The van der Waals surface area contributed by atoms with Crippen molar-refractivity contribution in [3.05, 3.63) is 35.4 Å². The van der Waals surface area contributed by atoms with E-state index in [1.165, 1.54) is 19.2 Å². The van der Waals surface area contributed by atoms with Gasteiger partial charge in [0.2, 0.25) is 0 Å². The number of aromatic carboxylic acids is 1. The van der Waals surface area contributed by atoms with Crippen LogP contribution < -0.4 is 0 Å². The fraction of sp³-hybridized carbons (Fsp3) is 0.385. The molecule has 0 saturated carbocycles. The summed E-state index contributed by atoms with van der Waals surface area (Å²) in [5.41, 5.74) is 0.903. The van der Waals surface area contributed by atoms with Crippen LogP contribution in [0.2, 0.25) is 0 Å². The Labute approximate surface area is 114 Å². The van der Waals surface area contributed by atoms with E-state index < -0.39 is 28.0 Å². The maximum atomic E-state index is 12.1. The number of hydrogen-bond acceptors (Lipinski definition) is 4. The summed E-state index contributed by atoms with van der Waals surface area (Å²) in [7, 11) is -0.110. The number of hydrogen-bond donors (Lipinski definition) is 1. The average molecular weight is 284 g/mol. The molecule has 0 amide bonds. The third-order valence-electron chi connectivity index (χ3n) is 2.66. The Hall–Kier alpha value is -1.69. The Kier molecular flexibility index (Phi) is 5.69. The SMILES string of the molecule is CCC(C(=O)OC)S(=O)Cc1ccc(C(=O)O)cc1. The van der Waals surface area contributed by atoms with Crippen LogP contribution >= 0.6 is 0 Å². The maximum Gasteiger partial charge on any atom is 0.335 e. The predicted molar refractivity (Wildman–Crippen MR) is 71.3 cm³/mol. The second kappa shape index (κ2) is 7.04. The van der Waals surface area contributed by atoms with Crippen molar-refractivity contribution in [1.82, 2.24) is 0 Å². The zero-order valence-electron chi connectivity index (χ0n) is 10.8. The molecule has 0 bridgehead atoms. The molecule has 6 heteroatoms. The summed E-state index contributed by atoms with van der Waals surface area (Å²) in [6.45, 7) is 1.77. The highest BCUT2D eigenvalue weighted by Crippen LogP contribution is 2.12. The highest BCUT2D eigenvalue weighted by atomic mass is 32.2. The van der Waals surface area contributed by atoms with E-state index in [0.29, 0.717) is 6.42 Å². The molecule has 0 aromatic heterocycles. The normalized spacial score (nSPS) is 13.6. The number of ether oxygens (including phenoxy) is 1. The van der Waals surface area contributed by atoms with Crippen LogP contribution in [0, 0.1) is 0 Å². The first-order valence-corrected chi connectivity index (χ1v) is 7.15. The average Bonchev–Trinajstić information content (AvgIpc) is 2.39. The molecule has 1 N–H and O–H groups in total. The molecule has 1 aromatic rings. The molecule has 0 spiro atoms. The molecular weight excluding hydrogens is 268 g/mol. The maximum absolute atomic E-state index is 12.1. The Morgan fingerprint density at radius 1 is 1.32 bits per heavy atom. The molecule has 104 valence electrons. The summed E-state index contributed by atoms with van der Waals surface area (Å²) >= 11 is 0. The Bertz CT molecular complexity index is 480. The predicted octanol–water partition coefficient (Wildman–Crippen LogP) is 1.59. The second-order valence-electron chi connectivity index (χ2n) is 3.95. The second-order valence-corrected chi connectivity index (χ2v) is 5.57. The van der Waals surface area contributed by atoms with Gasteiger partial charge in [-0.3, -0.25) is 9.00 Å². The quantitative estimate of drug-likeness (QED) is 0.802. The standard InChI is InChI=1S/C13H16O5S/c1-3-11(13(16)18-2)19(17)8-9-4-6-10(7-5-9)12(14)15/h4-7,11H,3,8H2,1-2H3,(H,14,15). The van der Waals surface area contributed by atoms with Gasteiger partial charge in [0.05, 0.1) is 12.7 Å². The van der Waals surface area contributed by atoms with Gasteiger partial charge in [0.25, 0.3) is 0 Å². The first kappa shape index (κ1) is 15.4. The minimum atomic E-state index is -1.38. The van der Waals surface area contributed by atoms with E-state index in [0.717, 1.165) is 5.56 Å². The molecule has 5 nitrogen and oxygen atoms in total. The van der Waals surface area contributed by atoms with Crippen LogP contribution in [0.4, 0.5) is 0 Å². The van der Waals surface area contributed by atoms with E-state index in [9.17, 15) is 13.8 Å². The number of benzene rings is 1. The molecule has 1 aromatic carbocycles. The monoisotopic (exact) mass is 284 g/mol. The van der Waals surface area contributed by atoms with Crippen LogP contribution in [-0.4, -0.2) is 33.6 Å². The lowest BCUT2D eigenvalue weighted by molar-refractivity contribution is -0.140. The number of methoxy groups -OCH3 is 1. The fourth-order valence-corrected chi connectivity index (χ4v) is 3.00. The summed E-state index contributed by atoms with van der Waals surface area (Å²) in [5, 5.41) is 8.12. The molecule has 2 unspecified atom stereocenters. The number of carboxylic acids is 1. The molecule has 0 heterocycles. The van der Waals surface area contributed by atoms with Crippen LogP contribution in [0.15, 0.2) is 24.3 Å². The molecule has 19 heavy (non-hydrogen) atoms. The van der Waals surface area contributed by atoms with Gasteiger partial charge in [-0.1, -0.05) is 19.1 Å². The topological polar surface area (TPSA) is 80.7 Å². The molecule has 2 atom stereocenters. The molecule has 0 aliphatic heterocycles. The first-order chi connectivity index (χ1) is 8.99. The van der Waals surface area contributed by atoms with Gasteiger partial charge in [-0.05, 0) is 24.1 Å². The van der Waals surface area contributed by atoms with Gasteiger partial charge in [0.15, 0.2) is 0 Å². The van der Waals surface area contributed by atoms with Crippen molar-refractivity contribution in [1.29, 1.82) is 0 Å². The summed E-state index contributed by atoms with van der Waals surface area (Å²) < 4.78 is 16.7. The third-order valence-corrected chi connectivity index (χ3v) is 4.44. The highest BCUT2D eigenvalue weighted by molar-refractivity contribution is 7.85. The van der Waals surface area contributed by atoms with Crippen LogP contribution in [-0.2, 0) is 26.1 Å². The molecule has 0 saturated heterocycles. The Morgan fingerprint density at radius 2 is 1.89 bits per heavy atom. The number of carbonyl (C=O) groups is 2. The van der Waals surface area contributed by atoms with Crippen molar-refractivity contribution in [2.75, 3.05) is 7.11 Å². The van der Waals surface area contributed by atoms with Gasteiger partial charge < -0.3 is 9.84 Å². The number of rotatable bonds is 6. The van der Waals surface area contributed by atoms with Crippen LogP contribution in [0.25, 0.3) is 0 Å². The van der Waals surface area contributed by atoms with Crippen LogP contribution in [0.5, 0.6) is 0 Å². The minimum absolute atomic E-state index is 0.176. The van der Waals surface area contributed by atoms with Gasteiger partial charge in [-0.25, -0.2) is 4.79 Å². The van der Waals surface area contributed by atoms with Crippen molar-refractivity contribution < 1.29 is 23.6 Å². The zero-order valence-corrected chi connectivity index (χ0v) is 11.6. The minimum Gasteiger partial charge on any atom is -0.478 e. The summed E-state index contributed by atoms with van der Waals surface area (Å²) in [5.74, 6) is -1.29. The zero-order chi connectivity index (χ0) is 14.4. The van der Waals surface area contributed by atoms with Crippen LogP contribution in [0.1, 0.15) is 29.3 Å². The lowest BCUT2D eigenvalue weighted by atomic mass is 10.1. The summed E-state index contributed by atoms with van der Waals surface area (Å²) in [4.78, 5) is 22.1. The third kappa shape index (κ3) is 4.17. The Morgan fingerprint density at radius 3 is 2.32 bits per heavy atom. The highest BCUT2D eigenvalue weighted by Gasteiger charge is 2.24. The van der Waals surface area contributed by atoms with Crippen molar-refractivity contribution in [2.24, 2.45) is 0 Å². The van der Waals surface area contributed by atoms with Gasteiger partial charge in [-0.2, -0.15) is 0 Å². The fourth-order valence-electron chi connectivity index (χ4n) is 1.60. The van der Waals surface area contributed by atoms with Gasteiger partial charge in [0.1, 0.15) is 5.25 Å². The molecule has 0 aliphatic rings. The van der Waals surface area contributed by atoms with E-state index in [1.807, 2.05) is 0 Å². The molecule has 0 fully saturated rings. The van der Waals surface area contributed by atoms with Crippen LogP contribution in [0.3, 0.4) is 0 Å². The number of esters is 1. The van der Waals surface area contributed by atoms with Crippen molar-refractivity contribution >= 4 is 22.7 Å². The van der Waals surface area contributed by atoms with E-state index in [-0.39, 0.29) is 11.3 Å². The van der Waals surface area contributed by atoms with E-state index in [4.69, 9.17) is 5.11 Å². The van der Waals surface area contributed by atoms with Crippen molar-refractivity contribution in [3.63, 3.8) is 0 Å². The lowest BCUT2D eigenvalue weighted by Crippen LogP contribution is -2.27. The molecule has 0 radical (unpaired) electrons.